The Morgan fingerprint density at radius 3 is 2.66 bits per heavy atom. The standard InChI is InChI=1S/C22H25N3O3S/c1-4-11-27-14-17-9-6-5-8-16(17)13-23-21(26)19-15(2)24-20(25-22(19)29-3)18-10-7-12-28-18/h5-10,12H,4,11,13-14H2,1-3H3,(H,23,26). The number of nitrogens with zero attached hydrogens (tertiary/aromatic N) is 2. The highest BCUT2D eigenvalue weighted by molar-refractivity contribution is 7.98. The minimum Gasteiger partial charge on any atom is -0.461 e. The number of aryl methyl sites for hydroxylation is 1. The van der Waals surface area contributed by atoms with Gasteiger partial charge in [0.2, 0.25) is 0 Å². The lowest BCUT2D eigenvalue weighted by Crippen LogP contribution is -2.26. The molecule has 0 fully saturated rings. The zero-order chi connectivity index (χ0) is 20.6. The maximum Gasteiger partial charge on any atom is 0.256 e. The Hall–Kier alpha value is -2.64. The van der Waals surface area contributed by atoms with Crippen LogP contribution >= 0.6 is 11.8 Å². The van der Waals surface area contributed by atoms with Crippen molar-refractivity contribution in [3.8, 4) is 11.6 Å². The van der Waals surface area contributed by atoms with Gasteiger partial charge in [0.25, 0.3) is 5.91 Å². The lowest BCUT2D eigenvalue weighted by molar-refractivity contribution is 0.0944. The summed E-state index contributed by atoms with van der Waals surface area (Å²) in [6.07, 6.45) is 4.45. The molecule has 0 radical (unpaired) electrons. The molecule has 0 unspecified atom stereocenters. The third-order valence-corrected chi connectivity index (χ3v) is 5.06. The normalized spacial score (nSPS) is 10.9. The summed E-state index contributed by atoms with van der Waals surface area (Å²) in [5.41, 5.74) is 3.22. The first-order valence-corrected chi connectivity index (χ1v) is 10.8. The highest BCUT2D eigenvalue weighted by Gasteiger charge is 2.20. The number of ether oxygens (including phenoxy) is 1. The summed E-state index contributed by atoms with van der Waals surface area (Å²) in [7, 11) is 0. The SMILES string of the molecule is CCCOCc1ccccc1CNC(=O)c1c(C)nc(-c2ccco2)nc1SC. The lowest BCUT2D eigenvalue weighted by Gasteiger charge is -2.13. The smallest absolute Gasteiger partial charge is 0.256 e. The third kappa shape index (κ3) is 5.25. The van der Waals surface area contributed by atoms with Gasteiger partial charge >= 0.3 is 0 Å². The zero-order valence-electron chi connectivity index (χ0n) is 16.9. The van der Waals surface area contributed by atoms with Gasteiger partial charge in [0, 0.05) is 13.2 Å². The van der Waals surface area contributed by atoms with E-state index in [1.165, 1.54) is 11.8 Å². The van der Waals surface area contributed by atoms with Gasteiger partial charge in [-0.2, -0.15) is 0 Å². The molecule has 0 bridgehead atoms. The van der Waals surface area contributed by atoms with Crippen molar-refractivity contribution in [2.24, 2.45) is 0 Å². The van der Waals surface area contributed by atoms with Crippen LogP contribution in [0.4, 0.5) is 0 Å². The van der Waals surface area contributed by atoms with Gasteiger partial charge in [0.05, 0.1) is 24.1 Å². The molecule has 0 aliphatic carbocycles. The van der Waals surface area contributed by atoms with Gasteiger partial charge in [0.15, 0.2) is 11.6 Å². The molecule has 1 aromatic carbocycles. The second kappa shape index (κ2) is 10.2. The van der Waals surface area contributed by atoms with Crippen LogP contribution in [0.3, 0.4) is 0 Å². The Labute approximate surface area is 175 Å². The molecule has 1 N–H and O–H groups in total. The molecule has 0 atom stereocenters. The van der Waals surface area contributed by atoms with Crippen LogP contribution in [-0.2, 0) is 17.9 Å². The first kappa shape index (κ1) is 21.1. The number of furan rings is 1. The fraction of sp³-hybridized carbons (Fsp3) is 0.318. The molecule has 0 saturated carbocycles. The zero-order valence-corrected chi connectivity index (χ0v) is 17.7. The molecule has 152 valence electrons. The van der Waals surface area contributed by atoms with Crippen molar-refractivity contribution in [3.63, 3.8) is 0 Å². The highest BCUT2D eigenvalue weighted by atomic mass is 32.2. The van der Waals surface area contributed by atoms with Crippen molar-refractivity contribution in [3.05, 3.63) is 65.0 Å². The van der Waals surface area contributed by atoms with Crippen LogP contribution in [0.5, 0.6) is 0 Å². The third-order valence-electron chi connectivity index (χ3n) is 4.38. The van der Waals surface area contributed by atoms with Crippen molar-refractivity contribution in [1.29, 1.82) is 0 Å². The van der Waals surface area contributed by atoms with Crippen molar-refractivity contribution in [2.45, 2.75) is 38.4 Å². The molecule has 1 amide bonds. The van der Waals surface area contributed by atoms with Gasteiger partial charge in [0.1, 0.15) is 5.03 Å². The maximum atomic E-state index is 12.9. The number of rotatable bonds is 9. The summed E-state index contributed by atoms with van der Waals surface area (Å²) < 4.78 is 11.0. The van der Waals surface area contributed by atoms with E-state index in [2.05, 4.69) is 22.2 Å². The summed E-state index contributed by atoms with van der Waals surface area (Å²) in [6.45, 7) is 5.57. The number of amides is 1. The van der Waals surface area contributed by atoms with Crippen LogP contribution in [0.1, 0.15) is 40.5 Å². The maximum absolute atomic E-state index is 12.9. The van der Waals surface area contributed by atoms with Crippen LogP contribution in [0.15, 0.2) is 52.1 Å². The Morgan fingerprint density at radius 1 is 1.17 bits per heavy atom. The van der Waals surface area contributed by atoms with E-state index in [0.717, 1.165) is 24.2 Å². The second-order valence-electron chi connectivity index (χ2n) is 6.50. The molecule has 3 rings (SSSR count). The average molecular weight is 412 g/mol. The van der Waals surface area contributed by atoms with E-state index in [1.54, 1.807) is 18.4 Å². The largest absolute Gasteiger partial charge is 0.461 e. The van der Waals surface area contributed by atoms with Crippen LogP contribution in [0.2, 0.25) is 0 Å². The number of carbonyl (C=O) groups is 1. The number of carbonyl (C=O) groups excluding carboxylic acids is 1. The number of aromatic nitrogens is 2. The molecule has 0 aliphatic rings. The predicted octanol–water partition coefficient (Wildman–Crippen LogP) is 4.62. The van der Waals surface area contributed by atoms with Crippen molar-refractivity contribution >= 4 is 17.7 Å². The number of nitrogens with one attached hydrogen (secondary N) is 1. The first-order valence-electron chi connectivity index (χ1n) is 9.53. The molecular weight excluding hydrogens is 386 g/mol. The molecule has 2 heterocycles. The van der Waals surface area contributed by atoms with Crippen molar-refractivity contribution in [1.82, 2.24) is 15.3 Å². The summed E-state index contributed by atoms with van der Waals surface area (Å²) in [5.74, 6) is 0.866. The van der Waals surface area contributed by atoms with Gasteiger partial charge in [-0.05, 0) is 42.9 Å². The molecule has 7 heteroatoms. The minimum atomic E-state index is -0.192. The van der Waals surface area contributed by atoms with Gasteiger partial charge in [-0.15, -0.1) is 11.8 Å². The summed E-state index contributed by atoms with van der Waals surface area (Å²) in [6, 6.07) is 11.6. The number of hydrogen-bond acceptors (Lipinski definition) is 6. The molecule has 6 nitrogen and oxygen atoms in total. The van der Waals surface area contributed by atoms with E-state index in [4.69, 9.17) is 9.15 Å². The van der Waals surface area contributed by atoms with Gasteiger partial charge in [-0.1, -0.05) is 31.2 Å². The molecule has 0 spiro atoms. The van der Waals surface area contributed by atoms with Crippen LogP contribution < -0.4 is 5.32 Å². The topological polar surface area (TPSA) is 77.2 Å². The van der Waals surface area contributed by atoms with Crippen LogP contribution in [-0.4, -0.2) is 28.7 Å². The minimum absolute atomic E-state index is 0.192. The van der Waals surface area contributed by atoms with E-state index < -0.39 is 0 Å². The molecule has 3 aromatic rings. The molecule has 0 saturated heterocycles. The molecule has 29 heavy (non-hydrogen) atoms. The summed E-state index contributed by atoms with van der Waals surface area (Å²) in [4.78, 5) is 21.9. The summed E-state index contributed by atoms with van der Waals surface area (Å²) in [5, 5.41) is 3.63. The number of benzene rings is 1. The first-order chi connectivity index (χ1) is 14.1. The van der Waals surface area contributed by atoms with Crippen molar-refractivity contribution in [2.75, 3.05) is 12.9 Å². The number of hydrogen-bond donors (Lipinski definition) is 1. The van der Waals surface area contributed by atoms with E-state index in [1.807, 2.05) is 37.4 Å². The monoisotopic (exact) mass is 411 g/mol. The summed E-state index contributed by atoms with van der Waals surface area (Å²) >= 11 is 1.41. The highest BCUT2D eigenvalue weighted by Crippen LogP contribution is 2.25. The molecule has 2 aromatic heterocycles. The molecule has 0 aliphatic heterocycles. The second-order valence-corrected chi connectivity index (χ2v) is 7.29. The van der Waals surface area contributed by atoms with Crippen LogP contribution in [0, 0.1) is 6.92 Å². The van der Waals surface area contributed by atoms with E-state index in [9.17, 15) is 4.79 Å². The molecular formula is C22H25N3O3S. The van der Waals surface area contributed by atoms with Crippen LogP contribution in [0.25, 0.3) is 11.6 Å². The Morgan fingerprint density at radius 2 is 1.97 bits per heavy atom. The Kier molecular flexibility index (Phi) is 7.43. The number of thioether (sulfide) groups is 1. The Bertz CT molecular complexity index is 958. The average Bonchev–Trinajstić information content (AvgIpc) is 3.27. The van der Waals surface area contributed by atoms with E-state index in [0.29, 0.717) is 41.0 Å². The fourth-order valence-electron chi connectivity index (χ4n) is 2.93. The lowest BCUT2D eigenvalue weighted by atomic mass is 10.1. The van der Waals surface area contributed by atoms with Gasteiger partial charge < -0.3 is 14.5 Å². The predicted molar refractivity (Wildman–Crippen MR) is 114 cm³/mol. The van der Waals surface area contributed by atoms with E-state index in [-0.39, 0.29) is 5.91 Å². The fourth-order valence-corrected chi connectivity index (χ4v) is 3.56. The quantitative estimate of drug-likeness (QED) is 0.314. The Balaban J connectivity index is 1.76. The van der Waals surface area contributed by atoms with E-state index >= 15 is 0 Å². The van der Waals surface area contributed by atoms with Gasteiger partial charge in [-0.3, -0.25) is 4.79 Å². The van der Waals surface area contributed by atoms with Gasteiger partial charge in [-0.25, -0.2) is 9.97 Å². The van der Waals surface area contributed by atoms with Crippen molar-refractivity contribution < 1.29 is 13.9 Å².